The second kappa shape index (κ2) is 8.55. The number of carboxylic acids is 1. The van der Waals surface area contributed by atoms with E-state index in [1.54, 1.807) is 6.08 Å². The third-order valence-corrected chi connectivity index (χ3v) is 8.89. The van der Waals surface area contributed by atoms with Crippen molar-refractivity contribution in [3.8, 4) is 0 Å². The summed E-state index contributed by atoms with van der Waals surface area (Å²) in [6.07, 6.45) is 2.70. The summed E-state index contributed by atoms with van der Waals surface area (Å²) in [5, 5.41) is 14.9. The Morgan fingerprint density at radius 2 is 1.43 bits per heavy atom. The minimum Gasteiger partial charge on any atom is -0.478 e. The van der Waals surface area contributed by atoms with E-state index in [2.05, 4.69) is 62.8 Å². The first-order chi connectivity index (χ1) is 12.9. The lowest BCUT2D eigenvalue weighted by Crippen LogP contribution is -2.45. The van der Waals surface area contributed by atoms with Crippen LogP contribution in [0.15, 0.2) is 48.5 Å². The highest BCUT2D eigenvalue weighted by molar-refractivity contribution is 7.81. The molecular weight excluding hydrogens is 398 g/mol. The predicted molar refractivity (Wildman–Crippen MR) is 131 cm³/mol. The van der Waals surface area contributed by atoms with Crippen LogP contribution < -0.4 is 15.7 Å². The minimum absolute atomic E-state index is 0.716. The minimum atomic E-state index is -1.46. The van der Waals surface area contributed by atoms with Crippen LogP contribution in [0.4, 0.5) is 5.69 Å². The molecule has 2 aromatic rings. The molecular formula is C22H29NO2SSi2. The standard InChI is InChI=1S/C22H29NO2SSi2/c1-27(2,3)19-13-17(14-20(15-19)28(4,5)6)22(26)23-18-10-7-16(8-11-18)9-12-21(24)25/h7-15H,1-6H3,(H,23,26)(H,24,25)/b12-9+. The van der Waals surface area contributed by atoms with Crippen molar-refractivity contribution in [3.05, 3.63) is 59.7 Å². The molecule has 0 aliphatic heterocycles. The fourth-order valence-electron chi connectivity index (χ4n) is 2.67. The zero-order valence-electron chi connectivity index (χ0n) is 17.5. The smallest absolute Gasteiger partial charge is 0.328 e. The molecule has 0 fully saturated rings. The molecule has 0 spiro atoms. The van der Waals surface area contributed by atoms with E-state index < -0.39 is 22.1 Å². The SMILES string of the molecule is C[Si](C)(C)c1cc(C(=S)Nc2ccc(/C=C/C(=O)O)cc2)cc([Si](C)(C)C)c1. The predicted octanol–water partition coefficient (Wildman–Crippen LogP) is 4.66. The molecule has 0 aromatic heterocycles. The molecule has 0 atom stereocenters. The Bertz CT molecular complexity index is 875. The molecule has 2 aromatic carbocycles. The largest absolute Gasteiger partial charge is 0.478 e. The van der Waals surface area contributed by atoms with Gasteiger partial charge in [-0.3, -0.25) is 0 Å². The van der Waals surface area contributed by atoms with Gasteiger partial charge in [-0.15, -0.1) is 0 Å². The van der Waals surface area contributed by atoms with E-state index in [9.17, 15) is 4.79 Å². The van der Waals surface area contributed by atoms with Crippen molar-refractivity contribution in [2.75, 3.05) is 5.32 Å². The number of thiocarbonyl (C=S) groups is 1. The van der Waals surface area contributed by atoms with Crippen LogP contribution in [0.2, 0.25) is 39.3 Å². The third kappa shape index (κ3) is 6.26. The normalized spacial score (nSPS) is 12.2. The van der Waals surface area contributed by atoms with E-state index in [1.807, 2.05) is 24.3 Å². The van der Waals surface area contributed by atoms with Crippen LogP contribution >= 0.6 is 12.2 Å². The molecule has 2 rings (SSSR count). The highest BCUT2D eigenvalue weighted by Gasteiger charge is 2.23. The summed E-state index contributed by atoms with van der Waals surface area (Å²) in [5.74, 6) is -0.955. The van der Waals surface area contributed by atoms with Crippen LogP contribution in [0.3, 0.4) is 0 Å². The number of hydrogen-bond donors (Lipinski definition) is 2. The van der Waals surface area contributed by atoms with Gasteiger partial charge in [0.2, 0.25) is 0 Å². The lowest BCUT2D eigenvalue weighted by atomic mass is 10.1. The van der Waals surface area contributed by atoms with E-state index >= 15 is 0 Å². The fraction of sp³-hybridized carbons (Fsp3) is 0.273. The Hall–Kier alpha value is -2.03. The number of anilines is 1. The summed E-state index contributed by atoms with van der Waals surface area (Å²) in [4.78, 5) is 11.3. The van der Waals surface area contributed by atoms with Gasteiger partial charge < -0.3 is 10.4 Å². The summed E-state index contributed by atoms with van der Waals surface area (Å²) in [5.41, 5.74) is 2.80. The first kappa shape index (κ1) is 22.3. The van der Waals surface area contributed by atoms with E-state index in [-0.39, 0.29) is 0 Å². The molecule has 6 heteroatoms. The van der Waals surface area contributed by atoms with Crippen molar-refractivity contribution in [2.24, 2.45) is 0 Å². The second-order valence-corrected chi connectivity index (χ2v) is 19.6. The molecule has 0 aliphatic rings. The first-order valence-corrected chi connectivity index (χ1v) is 16.8. The van der Waals surface area contributed by atoms with Crippen molar-refractivity contribution in [3.63, 3.8) is 0 Å². The van der Waals surface area contributed by atoms with Crippen molar-refractivity contribution >= 4 is 61.5 Å². The highest BCUT2D eigenvalue weighted by Crippen LogP contribution is 2.14. The maximum Gasteiger partial charge on any atom is 0.328 e. The van der Waals surface area contributed by atoms with Gasteiger partial charge in [-0.05, 0) is 23.8 Å². The van der Waals surface area contributed by atoms with Gasteiger partial charge in [0.1, 0.15) is 4.99 Å². The van der Waals surface area contributed by atoms with Gasteiger partial charge in [-0.25, -0.2) is 4.79 Å². The van der Waals surface area contributed by atoms with E-state index in [1.165, 1.54) is 10.4 Å². The maximum atomic E-state index is 10.6. The van der Waals surface area contributed by atoms with Crippen LogP contribution in [0.5, 0.6) is 0 Å². The molecule has 2 N–H and O–H groups in total. The molecule has 0 aliphatic carbocycles. The molecule has 0 saturated heterocycles. The van der Waals surface area contributed by atoms with Gasteiger partial charge in [-0.2, -0.15) is 0 Å². The van der Waals surface area contributed by atoms with E-state index in [0.717, 1.165) is 22.9 Å². The number of aliphatic carboxylic acids is 1. The van der Waals surface area contributed by atoms with Gasteiger partial charge in [-0.1, -0.05) is 92.2 Å². The summed E-state index contributed by atoms with van der Waals surface area (Å²) in [7, 11) is -2.92. The Balaban J connectivity index is 2.29. The zero-order valence-corrected chi connectivity index (χ0v) is 20.3. The number of carboxylic acid groups (broad SMARTS) is 1. The Morgan fingerprint density at radius 1 is 0.929 bits per heavy atom. The van der Waals surface area contributed by atoms with Crippen LogP contribution in [0.25, 0.3) is 6.08 Å². The number of nitrogens with one attached hydrogen (secondary N) is 1. The Morgan fingerprint density at radius 3 is 1.86 bits per heavy atom. The Labute approximate surface area is 175 Å². The van der Waals surface area contributed by atoms with Crippen LogP contribution in [0.1, 0.15) is 11.1 Å². The number of hydrogen-bond acceptors (Lipinski definition) is 2. The number of carbonyl (C=O) groups is 1. The summed E-state index contributed by atoms with van der Waals surface area (Å²) in [6.45, 7) is 14.2. The molecule has 0 saturated carbocycles. The van der Waals surface area contributed by atoms with Crippen molar-refractivity contribution in [1.29, 1.82) is 0 Å². The average molecular weight is 428 g/mol. The van der Waals surface area contributed by atoms with Gasteiger partial charge in [0.25, 0.3) is 0 Å². The fourth-order valence-corrected chi connectivity index (χ4v) is 5.41. The van der Waals surface area contributed by atoms with Crippen molar-refractivity contribution < 1.29 is 9.90 Å². The maximum absolute atomic E-state index is 10.6. The Kier molecular flexibility index (Phi) is 6.80. The topological polar surface area (TPSA) is 49.3 Å². The van der Waals surface area contributed by atoms with Gasteiger partial charge in [0.05, 0.1) is 16.1 Å². The second-order valence-electron chi connectivity index (χ2n) is 9.05. The molecule has 0 amide bonds. The van der Waals surface area contributed by atoms with E-state index in [0.29, 0.717) is 4.99 Å². The summed E-state index contributed by atoms with van der Waals surface area (Å²) >= 11 is 5.71. The van der Waals surface area contributed by atoms with E-state index in [4.69, 9.17) is 17.3 Å². The van der Waals surface area contributed by atoms with Gasteiger partial charge in [0.15, 0.2) is 0 Å². The molecule has 148 valence electrons. The quantitative estimate of drug-likeness (QED) is 0.400. The number of benzene rings is 2. The summed E-state index contributed by atoms with van der Waals surface area (Å²) in [6, 6.07) is 14.5. The first-order valence-electron chi connectivity index (χ1n) is 9.35. The van der Waals surface area contributed by atoms with Crippen molar-refractivity contribution in [2.45, 2.75) is 39.3 Å². The average Bonchev–Trinajstić information content (AvgIpc) is 2.59. The van der Waals surface area contributed by atoms with Crippen molar-refractivity contribution in [1.82, 2.24) is 0 Å². The lowest BCUT2D eigenvalue weighted by Gasteiger charge is -2.24. The highest BCUT2D eigenvalue weighted by atomic mass is 32.1. The van der Waals surface area contributed by atoms with Crippen LogP contribution in [-0.2, 0) is 4.79 Å². The number of rotatable bonds is 6. The van der Waals surface area contributed by atoms with Gasteiger partial charge >= 0.3 is 5.97 Å². The molecule has 0 radical (unpaired) electrons. The molecule has 0 bridgehead atoms. The van der Waals surface area contributed by atoms with Gasteiger partial charge in [0, 0.05) is 17.3 Å². The summed E-state index contributed by atoms with van der Waals surface area (Å²) < 4.78 is 0. The molecule has 0 heterocycles. The lowest BCUT2D eigenvalue weighted by molar-refractivity contribution is -0.131. The van der Waals surface area contributed by atoms with Crippen LogP contribution in [-0.4, -0.2) is 32.2 Å². The third-order valence-electron chi connectivity index (χ3n) is 4.51. The molecule has 0 unspecified atom stereocenters. The zero-order chi connectivity index (χ0) is 21.1. The molecule has 28 heavy (non-hydrogen) atoms. The monoisotopic (exact) mass is 427 g/mol. The van der Waals surface area contributed by atoms with Crippen LogP contribution in [0, 0.1) is 0 Å². The molecule has 3 nitrogen and oxygen atoms in total.